The summed E-state index contributed by atoms with van der Waals surface area (Å²) >= 11 is 0. The summed E-state index contributed by atoms with van der Waals surface area (Å²) in [5.74, 6) is -0.900. The number of piperidine rings is 1. The molecule has 0 saturated carbocycles. The molecule has 31 heavy (non-hydrogen) atoms. The first-order chi connectivity index (χ1) is 14.5. The van der Waals surface area contributed by atoms with Gasteiger partial charge in [0.25, 0.3) is 0 Å². The normalized spacial score (nSPS) is 17.9. The van der Waals surface area contributed by atoms with Crippen molar-refractivity contribution in [2.75, 3.05) is 11.9 Å². The quantitative estimate of drug-likeness (QED) is 0.690. The van der Waals surface area contributed by atoms with E-state index >= 15 is 0 Å². The lowest BCUT2D eigenvalue weighted by Crippen LogP contribution is -2.49. The second-order valence-electron chi connectivity index (χ2n) is 7.28. The summed E-state index contributed by atoms with van der Waals surface area (Å²) in [4.78, 5) is 24.2. The van der Waals surface area contributed by atoms with Gasteiger partial charge < -0.3 is 5.32 Å². The van der Waals surface area contributed by atoms with E-state index in [0.717, 1.165) is 16.4 Å². The van der Waals surface area contributed by atoms with Gasteiger partial charge in [-0.2, -0.15) is 17.5 Å². The van der Waals surface area contributed by atoms with Gasteiger partial charge in [-0.15, -0.1) is 0 Å². The number of sulfonamides is 1. The maximum atomic E-state index is 13.1. The molecular weight excluding hydrogens is 433 g/mol. The van der Waals surface area contributed by atoms with Crippen LogP contribution in [0.3, 0.4) is 0 Å². The molecular formula is C21H21F3N2O4S. The predicted octanol–water partition coefficient (Wildman–Crippen LogP) is 4.09. The molecule has 1 N–H and O–H groups in total. The van der Waals surface area contributed by atoms with Gasteiger partial charge in [-0.3, -0.25) is 9.59 Å². The van der Waals surface area contributed by atoms with Gasteiger partial charge in [0.2, 0.25) is 15.9 Å². The number of Topliss-reactive ketones (excluding diaryl/α,β-unsaturated/α-hetero) is 1. The topological polar surface area (TPSA) is 83.6 Å². The summed E-state index contributed by atoms with van der Waals surface area (Å²) in [7, 11) is -4.04. The average molecular weight is 454 g/mol. The Morgan fingerprint density at radius 1 is 1.06 bits per heavy atom. The fraction of sp³-hybridized carbons (Fsp3) is 0.333. The molecule has 2 aromatic rings. The first kappa shape index (κ1) is 23.0. The van der Waals surface area contributed by atoms with E-state index in [-0.39, 0.29) is 29.3 Å². The first-order valence-corrected chi connectivity index (χ1v) is 11.0. The number of anilines is 1. The van der Waals surface area contributed by atoms with Crippen LogP contribution in [0, 0.1) is 0 Å². The van der Waals surface area contributed by atoms with Gasteiger partial charge in [0, 0.05) is 17.8 Å². The molecule has 0 bridgehead atoms. The Morgan fingerprint density at radius 3 is 2.35 bits per heavy atom. The number of ketones is 1. The Hall–Kier alpha value is -2.72. The third-order valence-electron chi connectivity index (χ3n) is 5.08. The minimum absolute atomic E-state index is 0.0590. The Kier molecular flexibility index (Phi) is 6.51. The first-order valence-electron chi connectivity index (χ1n) is 9.61. The number of carbonyl (C=O) groups is 2. The van der Waals surface area contributed by atoms with Crippen LogP contribution in [-0.4, -0.2) is 37.0 Å². The second kappa shape index (κ2) is 8.80. The molecule has 3 rings (SSSR count). The molecule has 1 aliphatic heterocycles. The number of benzene rings is 2. The summed E-state index contributed by atoms with van der Waals surface area (Å²) < 4.78 is 66.1. The zero-order valence-electron chi connectivity index (χ0n) is 16.6. The standard InChI is InChI=1S/C21H21F3N2O4S/c1-14(27)15-8-10-18(11-9-15)31(29,30)26-12-3-2-7-19(26)20(28)25-17-6-4-5-16(13-17)21(22,23)24/h4-6,8-11,13,19H,2-3,7,12H2,1H3,(H,25,28). The number of halogens is 3. The number of nitrogens with zero attached hydrogens (tertiary/aromatic N) is 1. The highest BCUT2D eigenvalue weighted by Gasteiger charge is 2.38. The van der Waals surface area contributed by atoms with Crippen molar-refractivity contribution in [1.82, 2.24) is 4.31 Å². The Balaban J connectivity index is 1.84. The summed E-state index contributed by atoms with van der Waals surface area (Å²) in [6.07, 6.45) is -3.16. The molecule has 0 aromatic heterocycles. The van der Waals surface area contributed by atoms with E-state index in [4.69, 9.17) is 0 Å². The fourth-order valence-corrected chi connectivity index (χ4v) is 5.11. The van der Waals surface area contributed by atoms with Crippen molar-refractivity contribution in [3.63, 3.8) is 0 Å². The smallest absolute Gasteiger partial charge is 0.325 e. The van der Waals surface area contributed by atoms with Crippen LogP contribution < -0.4 is 5.32 Å². The molecule has 1 saturated heterocycles. The number of hydrogen-bond acceptors (Lipinski definition) is 4. The zero-order chi connectivity index (χ0) is 22.8. The summed E-state index contributed by atoms with van der Waals surface area (Å²) in [6, 6.07) is 8.54. The van der Waals surface area contributed by atoms with Crippen LogP contribution in [0.5, 0.6) is 0 Å². The molecule has 166 valence electrons. The van der Waals surface area contributed by atoms with Gasteiger partial charge in [0.05, 0.1) is 10.5 Å². The van der Waals surface area contributed by atoms with Gasteiger partial charge >= 0.3 is 6.18 Å². The molecule has 1 aliphatic rings. The largest absolute Gasteiger partial charge is 0.416 e. The van der Waals surface area contributed by atoms with Crippen molar-refractivity contribution in [1.29, 1.82) is 0 Å². The lowest BCUT2D eigenvalue weighted by molar-refractivity contribution is -0.137. The van der Waals surface area contributed by atoms with Crippen LogP contribution in [0.25, 0.3) is 0 Å². The Bertz CT molecular complexity index is 1080. The summed E-state index contributed by atoms with van der Waals surface area (Å²) in [5.41, 5.74) is -0.617. The fourth-order valence-electron chi connectivity index (χ4n) is 3.45. The average Bonchev–Trinajstić information content (AvgIpc) is 2.73. The minimum Gasteiger partial charge on any atom is -0.325 e. The van der Waals surface area contributed by atoms with Crippen LogP contribution in [-0.2, 0) is 21.0 Å². The third-order valence-corrected chi connectivity index (χ3v) is 7.00. The SMILES string of the molecule is CC(=O)c1ccc(S(=O)(=O)N2CCCCC2C(=O)Nc2cccc(C(F)(F)F)c2)cc1. The van der Waals surface area contributed by atoms with E-state index in [0.29, 0.717) is 18.4 Å². The number of hydrogen-bond donors (Lipinski definition) is 1. The lowest BCUT2D eigenvalue weighted by Gasteiger charge is -2.33. The molecule has 1 heterocycles. The molecule has 2 aromatic carbocycles. The van der Waals surface area contributed by atoms with E-state index < -0.39 is 33.7 Å². The van der Waals surface area contributed by atoms with Gasteiger partial charge in [0.1, 0.15) is 6.04 Å². The molecule has 0 aliphatic carbocycles. The zero-order valence-corrected chi connectivity index (χ0v) is 17.5. The van der Waals surface area contributed by atoms with Crippen molar-refractivity contribution in [2.45, 2.75) is 43.3 Å². The summed E-state index contributed by atoms with van der Waals surface area (Å²) in [5, 5.41) is 2.41. The van der Waals surface area contributed by atoms with E-state index in [1.165, 1.54) is 43.3 Å². The molecule has 1 atom stereocenters. The van der Waals surface area contributed by atoms with E-state index in [1.54, 1.807) is 0 Å². The van der Waals surface area contributed by atoms with Crippen LogP contribution in [0.15, 0.2) is 53.4 Å². The van der Waals surface area contributed by atoms with Crippen LogP contribution in [0.1, 0.15) is 42.1 Å². The van der Waals surface area contributed by atoms with Crippen LogP contribution in [0.4, 0.5) is 18.9 Å². The highest BCUT2D eigenvalue weighted by molar-refractivity contribution is 7.89. The van der Waals surface area contributed by atoms with Crippen LogP contribution in [0.2, 0.25) is 0 Å². The maximum Gasteiger partial charge on any atom is 0.416 e. The van der Waals surface area contributed by atoms with Gasteiger partial charge in [0.15, 0.2) is 5.78 Å². The highest BCUT2D eigenvalue weighted by Crippen LogP contribution is 2.31. The number of amides is 1. The Labute approximate surface area is 178 Å². The maximum absolute atomic E-state index is 13.1. The number of carbonyl (C=O) groups excluding carboxylic acids is 2. The van der Waals surface area contributed by atoms with Crippen molar-refractivity contribution in [3.05, 3.63) is 59.7 Å². The molecule has 6 nitrogen and oxygen atoms in total. The third kappa shape index (κ3) is 5.13. The monoisotopic (exact) mass is 454 g/mol. The Morgan fingerprint density at radius 2 is 1.74 bits per heavy atom. The lowest BCUT2D eigenvalue weighted by atomic mass is 10.0. The van der Waals surface area contributed by atoms with Gasteiger partial charge in [-0.25, -0.2) is 8.42 Å². The number of rotatable bonds is 5. The molecule has 1 fully saturated rings. The number of nitrogens with one attached hydrogen (secondary N) is 1. The van der Waals surface area contributed by atoms with Gasteiger partial charge in [-0.1, -0.05) is 24.6 Å². The number of alkyl halides is 3. The van der Waals surface area contributed by atoms with E-state index in [1.807, 2.05) is 0 Å². The van der Waals surface area contributed by atoms with Crippen molar-refractivity contribution in [2.24, 2.45) is 0 Å². The van der Waals surface area contributed by atoms with Crippen molar-refractivity contribution in [3.8, 4) is 0 Å². The highest BCUT2D eigenvalue weighted by atomic mass is 32.2. The molecule has 0 radical (unpaired) electrons. The van der Waals surface area contributed by atoms with Crippen molar-refractivity contribution < 1.29 is 31.2 Å². The molecule has 1 amide bonds. The molecule has 1 unspecified atom stereocenters. The minimum atomic E-state index is -4.56. The van der Waals surface area contributed by atoms with Crippen molar-refractivity contribution >= 4 is 27.4 Å². The molecule has 0 spiro atoms. The van der Waals surface area contributed by atoms with E-state index in [2.05, 4.69) is 5.32 Å². The van der Waals surface area contributed by atoms with E-state index in [9.17, 15) is 31.2 Å². The molecule has 10 heteroatoms. The van der Waals surface area contributed by atoms with Crippen LogP contribution >= 0.6 is 0 Å². The predicted molar refractivity (Wildman–Crippen MR) is 108 cm³/mol. The summed E-state index contributed by atoms with van der Waals surface area (Å²) in [6.45, 7) is 1.47. The second-order valence-corrected chi connectivity index (χ2v) is 9.17. The van der Waals surface area contributed by atoms with Gasteiger partial charge in [-0.05, 0) is 50.1 Å².